The average Bonchev–Trinajstić information content (AvgIpc) is 3.00. The number of aromatic amines is 1. The number of benzene rings is 1. The Kier molecular flexibility index (Phi) is 3.80. The minimum atomic E-state index is -0.929. The van der Waals surface area contributed by atoms with Crippen molar-refractivity contribution in [2.24, 2.45) is 0 Å². The molecule has 6 nitrogen and oxygen atoms in total. The van der Waals surface area contributed by atoms with Crippen LogP contribution in [0.5, 0.6) is 0 Å². The highest BCUT2D eigenvalue weighted by Crippen LogP contribution is 2.25. The smallest absolute Gasteiger partial charge is 0.287 e. The number of hydrogen-bond donors (Lipinski definition) is 1. The molecule has 0 aliphatic carbocycles. The number of aryl methyl sites for hydroxylation is 1. The zero-order chi connectivity index (χ0) is 18.3. The van der Waals surface area contributed by atoms with Crippen LogP contribution in [-0.2, 0) is 6.54 Å². The van der Waals surface area contributed by atoms with Crippen LogP contribution in [0, 0.1) is 18.6 Å². The molecule has 0 fully saturated rings. The first-order valence-electron chi connectivity index (χ1n) is 7.86. The number of H-pyrrole nitrogens is 1. The lowest BCUT2D eigenvalue weighted by molar-refractivity contribution is 0.586. The molecule has 3 aromatic heterocycles. The van der Waals surface area contributed by atoms with Gasteiger partial charge in [0.05, 0.1) is 17.6 Å². The molecule has 4 aromatic rings. The Labute approximate surface area is 146 Å². The first kappa shape index (κ1) is 16.1. The molecule has 0 amide bonds. The summed E-state index contributed by atoms with van der Waals surface area (Å²) in [5.41, 5.74) is 0.420. The molecular formula is C18H13F2N5O. The molecule has 3 heterocycles. The maximum atomic E-state index is 14.0. The second kappa shape index (κ2) is 6.14. The van der Waals surface area contributed by atoms with E-state index in [1.807, 2.05) is 0 Å². The van der Waals surface area contributed by atoms with Gasteiger partial charge in [0.2, 0.25) is 5.82 Å². The number of nitrogens with one attached hydrogen (secondary N) is 1. The van der Waals surface area contributed by atoms with Crippen LogP contribution in [-0.4, -0.2) is 24.7 Å². The molecular weight excluding hydrogens is 340 g/mol. The number of halogens is 2. The van der Waals surface area contributed by atoms with Gasteiger partial charge < -0.3 is 4.98 Å². The highest BCUT2D eigenvalue weighted by atomic mass is 19.1. The van der Waals surface area contributed by atoms with Gasteiger partial charge in [-0.3, -0.25) is 4.79 Å². The van der Waals surface area contributed by atoms with Crippen LogP contribution in [0.15, 0.2) is 47.4 Å². The Balaban J connectivity index is 1.90. The molecule has 0 bridgehead atoms. The molecule has 0 aliphatic rings. The van der Waals surface area contributed by atoms with E-state index in [1.165, 1.54) is 17.7 Å². The summed E-state index contributed by atoms with van der Waals surface area (Å²) in [4.78, 5) is 22.5. The second-order valence-electron chi connectivity index (χ2n) is 5.79. The maximum absolute atomic E-state index is 14.0. The van der Waals surface area contributed by atoms with E-state index in [2.05, 4.69) is 20.1 Å². The molecule has 130 valence electrons. The highest BCUT2D eigenvalue weighted by molar-refractivity contribution is 5.89. The summed E-state index contributed by atoms with van der Waals surface area (Å²) in [6.07, 6.45) is 1.59. The van der Waals surface area contributed by atoms with Crippen LogP contribution in [0.25, 0.3) is 22.6 Å². The molecule has 4 rings (SSSR count). The van der Waals surface area contributed by atoms with Crippen LogP contribution in [0.4, 0.5) is 8.78 Å². The molecule has 0 radical (unpaired) electrons. The van der Waals surface area contributed by atoms with Crippen molar-refractivity contribution in [1.82, 2.24) is 24.7 Å². The lowest BCUT2D eigenvalue weighted by Gasteiger charge is -2.04. The van der Waals surface area contributed by atoms with Gasteiger partial charge in [-0.25, -0.2) is 19.0 Å². The Bertz CT molecular complexity index is 1180. The molecule has 1 N–H and O–H groups in total. The molecule has 0 saturated carbocycles. The van der Waals surface area contributed by atoms with Crippen molar-refractivity contribution in [2.75, 3.05) is 0 Å². The Morgan fingerprint density at radius 2 is 1.96 bits per heavy atom. The van der Waals surface area contributed by atoms with E-state index in [0.29, 0.717) is 22.3 Å². The van der Waals surface area contributed by atoms with E-state index in [0.717, 1.165) is 0 Å². The summed E-state index contributed by atoms with van der Waals surface area (Å²) in [6.45, 7) is 1.56. The fourth-order valence-corrected chi connectivity index (χ4v) is 2.77. The van der Waals surface area contributed by atoms with E-state index in [-0.39, 0.29) is 23.9 Å². The van der Waals surface area contributed by atoms with E-state index < -0.39 is 11.4 Å². The summed E-state index contributed by atoms with van der Waals surface area (Å²) in [5.74, 6) is -1.14. The van der Waals surface area contributed by atoms with Crippen molar-refractivity contribution in [3.05, 3.63) is 75.8 Å². The van der Waals surface area contributed by atoms with E-state index in [1.54, 1.807) is 36.5 Å². The second-order valence-corrected chi connectivity index (χ2v) is 5.79. The fourth-order valence-electron chi connectivity index (χ4n) is 2.77. The highest BCUT2D eigenvalue weighted by Gasteiger charge is 2.18. The number of pyridine rings is 1. The molecule has 0 unspecified atom stereocenters. The molecule has 0 aliphatic heterocycles. The van der Waals surface area contributed by atoms with Crippen molar-refractivity contribution >= 4 is 11.0 Å². The van der Waals surface area contributed by atoms with E-state index in [4.69, 9.17) is 0 Å². The van der Waals surface area contributed by atoms with Gasteiger partial charge in [-0.2, -0.15) is 9.49 Å². The minimum absolute atomic E-state index is 0.0237. The Morgan fingerprint density at radius 3 is 2.73 bits per heavy atom. The summed E-state index contributed by atoms with van der Waals surface area (Å²) < 4.78 is 29.1. The predicted molar refractivity (Wildman–Crippen MR) is 91.6 cm³/mol. The van der Waals surface area contributed by atoms with E-state index >= 15 is 0 Å². The SMILES string of the molecule is Cc1nc(-c2nn(Cc3ccccc3F)c3ncccc23)[nH]c(=O)c1F. The summed E-state index contributed by atoms with van der Waals surface area (Å²) in [7, 11) is 0. The quantitative estimate of drug-likeness (QED) is 0.614. The lowest BCUT2D eigenvalue weighted by Crippen LogP contribution is -2.15. The van der Waals surface area contributed by atoms with Crippen LogP contribution in [0.1, 0.15) is 11.3 Å². The van der Waals surface area contributed by atoms with Crippen LogP contribution in [0.2, 0.25) is 0 Å². The average molecular weight is 353 g/mol. The van der Waals surface area contributed by atoms with Gasteiger partial charge in [0.1, 0.15) is 11.5 Å². The van der Waals surface area contributed by atoms with Gasteiger partial charge in [-0.15, -0.1) is 0 Å². The van der Waals surface area contributed by atoms with Crippen molar-refractivity contribution in [2.45, 2.75) is 13.5 Å². The summed E-state index contributed by atoms with van der Waals surface area (Å²) in [5, 5.41) is 5.06. The van der Waals surface area contributed by atoms with Crippen LogP contribution < -0.4 is 5.56 Å². The fraction of sp³-hybridized carbons (Fsp3) is 0.111. The van der Waals surface area contributed by atoms with Crippen molar-refractivity contribution < 1.29 is 8.78 Å². The molecule has 26 heavy (non-hydrogen) atoms. The topological polar surface area (TPSA) is 76.5 Å². The third-order valence-corrected chi connectivity index (χ3v) is 4.04. The lowest BCUT2D eigenvalue weighted by atomic mass is 10.2. The summed E-state index contributed by atoms with van der Waals surface area (Å²) >= 11 is 0. The Hall–Kier alpha value is -3.42. The van der Waals surface area contributed by atoms with Crippen molar-refractivity contribution in [1.29, 1.82) is 0 Å². The molecule has 1 aromatic carbocycles. The number of rotatable bonds is 3. The number of aromatic nitrogens is 5. The van der Waals surface area contributed by atoms with Crippen molar-refractivity contribution in [3.63, 3.8) is 0 Å². The third-order valence-electron chi connectivity index (χ3n) is 4.04. The van der Waals surface area contributed by atoms with Gasteiger partial charge in [-0.05, 0) is 25.1 Å². The minimum Gasteiger partial charge on any atom is -0.303 e. The van der Waals surface area contributed by atoms with Gasteiger partial charge in [-0.1, -0.05) is 18.2 Å². The summed E-state index contributed by atoms with van der Waals surface area (Å²) in [6, 6.07) is 9.86. The monoisotopic (exact) mass is 353 g/mol. The molecule has 0 atom stereocenters. The van der Waals surface area contributed by atoms with Crippen molar-refractivity contribution in [3.8, 4) is 11.5 Å². The standard InChI is InChI=1S/C18H13F2N5O/c1-10-14(20)18(26)23-16(22-10)15-12-6-4-8-21-17(12)25(24-15)9-11-5-2-3-7-13(11)19/h2-8H,9H2,1H3,(H,22,23,26). The number of nitrogens with zero attached hydrogens (tertiary/aromatic N) is 4. The zero-order valence-electron chi connectivity index (χ0n) is 13.7. The normalized spacial score (nSPS) is 11.2. The first-order valence-corrected chi connectivity index (χ1v) is 7.86. The number of fused-ring (bicyclic) bond motifs is 1. The van der Waals surface area contributed by atoms with Crippen LogP contribution >= 0.6 is 0 Å². The van der Waals surface area contributed by atoms with Gasteiger partial charge in [0, 0.05) is 11.8 Å². The molecule has 0 saturated heterocycles. The molecule has 0 spiro atoms. The number of hydrogen-bond acceptors (Lipinski definition) is 4. The largest absolute Gasteiger partial charge is 0.303 e. The first-order chi connectivity index (χ1) is 12.5. The van der Waals surface area contributed by atoms with Gasteiger partial charge in [0.15, 0.2) is 11.5 Å². The van der Waals surface area contributed by atoms with E-state index in [9.17, 15) is 13.6 Å². The van der Waals surface area contributed by atoms with Gasteiger partial charge in [0.25, 0.3) is 5.56 Å². The Morgan fingerprint density at radius 1 is 1.15 bits per heavy atom. The third kappa shape index (κ3) is 2.65. The maximum Gasteiger partial charge on any atom is 0.287 e. The molecule has 8 heteroatoms. The van der Waals surface area contributed by atoms with Gasteiger partial charge >= 0.3 is 0 Å². The zero-order valence-corrected chi connectivity index (χ0v) is 13.7. The van der Waals surface area contributed by atoms with Crippen LogP contribution in [0.3, 0.4) is 0 Å². The predicted octanol–water partition coefficient (Wildman–Crippen LogP) is 2.82.